The molecule has 0 unspecified atom stereocenters. The van der Waals surface area contributed by atoms with Crippen LogP contribution in [0.5, 0.6) is 5.75 Å². The summed E-state index contributed by atoms with van der Waals surface area (Å²) in [6.07, 6.45) is 0.683. The number of nitrogens with one attached hydrogen (secondary N) is 1. The van der Waals surface area contributed by atoms with E-state index in [1.165, 1.54) is 30.3 Å². The molecule has 0 bridgehead atoms. The fourth-order valence-corrected chi connectivity index (χ4v) is 4.43. The van der Waals surface area contributed by atoms with E-state index in [1.54, 1.807) is 19.1 Å². The molecular weight excluding hydrogens is 350 g/mol. The maximum Gasteiger partial charge on any atom is 0.261 e. The van der Waals surface area contributed by atoms with Crippen LogP contribution in [0.25, 0.3) is 0 Å². The van der Waals surface area contributed by atoms with Crippen molar-refractivity contribution in [2.45, 2.75) is 23.1 Å². The van der Waals surface area contributed by atoms with E-state index < -0.39 is 19.9 Å². The lowest BCUT2D eigenvalue weighted by Gasteiger charge is -2.10. The molecule has 1 aliphatic rings. The summed E-state index contributed by atoms with van der Waals surface area (Å²) < 4.78 is 56.3. The minimum absolute atomic E-state index is 0.00469. The molecule has 0 radical (unpaired) electrons. The highest BCUT2D eigenvalue weighted by Crippen LogP contribution is 2.28. The molecule has 128 valence electrons. The van der Waals surface area contributed by atoms with Gasteiger partial charge in [-0.25, -0.2) is 16.8 Å². The number of rotatable bonds is 5. The van der Waals surface area contributed by atoms with Gasteiger partial charge in [-0.15, -0.1) is 0 Å². The van der Waals surface area contributed by atoms with Crippen LogP contribution in [0.3, 0.4) is 0 Å². The van der Waals surface area contributed by atoms with Gasteiger partial charge in [-0.1, -0.05) is 6.92 Å². The number of hydrogen-bond acceptors (Lipinski definition) is 5. The number of benzene rings is 2. The molecule has 0 amide bonds. The molecule has 8 heteroatoms. The van der Waals surface area contributed by atoms with Crippen molar-refractivity contribution in [2.24, 2.45) is 0 Å². The van der Waals surface area contributed by atoms with E-state index in [4.69, 9.17) is 4.74 Å². The molecule has 0 atom stereocenters. The van der Waals surface area contributed by atoms with Crippen LogP contribution in [0.1, 0.15) is 12.5 Å². The Balaban J connectivity index is 1.85. The van der Waals surface area contributed by atoms with Gasteiger partial charge in [0, 0.05) is 12.1 Å². The van der Waals surface area contributed by atoms with Gasteiger partial charge in [0.2, 0.25) is 0 Å². The summed E-state index contributed by atoms with van der Waals surface area (Å²) in [4.78, 5) is 0.319. The molecule has 0 spiro atoms. The first-order valence-corrected chi connectivity index (χ1v) is 10.6. The van der Waals surface area contributed by atoms with E-state index in [0.29, 0.717) is 24.5 Å². The summed E-state index contributed by atoms with van der Waals surface area (Å²) in [5.74, 6) is 0.706. The zero-order chi connectivity index (χ0) is 17.4. The lowest BCUT2D eigenvalue weighted by atomic mass is 10.2. The van der Waals surface area contributed by atoms with Crippen molar-refractivity contribution >= 4 is 25.5 Å². The Kier molecular flexibility index (Phi) is 4.27. The van der Waals surface area contributed by atoms with Crippen molar-refractivity contribution in [1.29, 1.82) is 0 Å². The van der Waals surface area contributed by atoms with Crippen molar-refractivity contribution in [3.8, 4) is 5.75 Å². The maximum atomic E-state index is 12.5. The van der Waals surface area contributed by atoms with Gasteiger partial charge in [-0.3, -0.25) is 4.72 Å². The van der Waals surface area contributed by atoms with E-state index in [0.717, 1.165) is 5.56 Å². The Hall–Kier alpha value is -2.06. The zero-order valence-corrected chi connectivity index (χ0v) is 14.7. The average Bonchev–Trinajstić information content (AvgIpc) is 3.02. The monoisotopic (exact) mass is 367 g/mol. The summed E-state index contributed by atoms with van der Waals surface area (Å²) in [5, 5.41) is 0. The van der Waals surface area contributed by atoms with Crippen LogP contribution in [0.2, 0.25) is 0 Å². The molecule has 2 aromatic carbocycles. The average molecular weight is 367 g/mol. The smallest absolute Gasteiger partial charge is 0.261 e. The highest BCUT2D eigenvalue weighted by molar-refractivity contribution is 7.92. The fourth-order valence-electron chi connectivity index (χ4n) is 2.44. The van der Waals surface area contributed by atoms with Gasteiger partial charge in [0.05, 0.1) is 22.2 Å². The van der Waals surface area contributed by atoms with Crippen LogP contribution in [0, 0.1) is 0 Å². The van der Waals surface area contributed by atoms with Crippen LogP contribution in [0.4, 0.5) is 5.69 Å². The second-order valence-corrected chi connectivity index (χ2v) is 9.36. The Morgan fingerprint density at radius 3 is 2.33 bits per heavy atom. The molecule has 24 heavy (non-hydrogen) atoms. The molecule has 1 N–H and O–H groups in total. The molecule has 3 rings (SSSR count). The number of sulfone groups is 1. The molecule has 0 saturated carbocycles. The Morgan fingerprint density at radius 1 is 1.00 bits per heavy atom. The zero-order valence-electron chi connectivity index (χ0n) is 13.0. The molecule has 1 heterocycles. The third kappa shape index (κ3) is 3.25. The summed E-state index contributed by atoms with van der Waals surface area (Å²) in [5.41, 5.74) is 1.17. The first-order valence-electron chi connectivity index (χ1n) is 7.43. The van der Waals surface area contributed by atoms with Gasteiger partial charge in [-0.2, -0.15) is 0 Å². The van der Waals surface area contributed by atoms with Gasteiger partial charge in [0.1, 0.15) is 5.75 Å². The number of hydrogen-bond donors (Lipinski definition) is 1. The van der Waals surface area contributed by atoms with E-state index in [2.05, 4.69) is 4.72 Å². The highest BCUT2D eigenvalue weighted by Gasteiger charge is 2.19. The third-order valence-electron chi connectivity index (χ3n) is 3.82. The van der Waals surface area contributed by atoms with E-state index >= 15 is 0 Å². The van der Waals surface area contributed by atoms with Crippen LogP contribution in [-0.4, -0.2) is 29.2 Å². The summed E-state index contributed by atoms with van der Waals surface area (Å²) in [7, 11) is -7.05. The highest BCUT2D eigenvalue weighted by atomic mass is 32.2. The lowest BCUT2D eigenvalue weighted by Crippen LogP contribution is -2.13. The maximum absolute atomic E-state index is 12.5. The van der Waals surface area contributed by atoms with Gasteiger partial charge < -0.3 is 4.74 Å². The van der Waals surface area contributed by atoms with Crippen molar-refractivity contribution in [2.75, 3.05) is 17.1 Å². The predicted molar refractivity (Wildman–Crippen MR) is 90.6 cm³/mol. The second kappa shape index (κ2) is 6.10. The molecule has 0 fully saturated rings. The minimum atomic E-state index is -3.74. The Labute approximate surface area is 141 Å². The number of anilines is 1. The van der Waals surface area contributed by atoms with Crippen molar-refractivity contribution in [3.05, 3.63) is 48.0 Å². The molecule has 0 saturated heterocycles. The largest absolute Gasteiger partial charge is 0.493 e. The number of ether oxygens (including phenoxy) is 1. The van der Waals surface area contributed by atoms with Crippen LogP contribution >= 0.6 is 0 Å². The van der Waals surface area contributed by atoms with Crippen LogP contribution in [0.15, 0.2) is 52.3 Å². The molecular formula is C16H17NO5S2. The molecule has 6 nitrogen and oxygen atoms in total. The van der Waals surface area contributed by atoms with E-state index in [9.17, 15) is 16.8 Å². The summed E-state index contributed by atoms with van der Waals surface area (Å²) in [6, 6.07) is 10.4. The predicted octanol–water partition coefficient (Wildman–Crippen LogP) is 2.22. The van der Waals surface area contributed by atoms with Gasteiger partial charge in [0.25, 0.3) is 10.0 Å². The lowest BCUT2D eigenvalue weighted by molar-refractivity contribution is 0.356. The van der Waals surface area contributed by atoms with Gasteiger partial charge in [-0.05, 0) is 48.0 Å². The van der Waals surface area contributed by atoms with Gasteiger partial charge >= 0.3 is 0 Å². The number of fused-ring (bicyclic) bond motifs is 1. The topological polar surface area (TPSA) is 89.5 Å². The van der Waals surface area contributed by atoms with Crippen LogP contribution in [-0.2, 0) is 26.3 Å². The van der Waals surface area contributed by atoms with Crippen LogP contribution < -0.4 is 9.46 Å². The van der Waals surface area contributed by atoms with Crippen molar-refractivity contribution < 1.29 is 21.6 Å². The molecule has 2 aromatic rings. The molecule has 0 aliphatic carbocycles. The van der Waals surface area contributed by atoms with E-state index in [-0.39, 0.29) is 15.5 Å². The first kappa shape index (κ1) is 16.8. The van der Waals surface area contributed by atoms with Gasteiger partial charge in [0.15, 0.2) is 9.84 Å². The molecule has 1 aliphatic heterocycles. The fraction of sp³-hybridized carbons (Fsp3) is 0.250. The minimum Gasteiger partial charge on any atom is -0.493 e. The first-order chi connectivity index (χ1) is 11.3. The third-order valence-corrected chi connectivity index (χ3v) is 6.95. The quantitative estimate of drug-likeness (QED) is 0.875. The SMILES string of the molecule is CCS(=O)(=O)c1ccc(NS(=O)(=O)c2ccc3c(c2)CCO3)cc1. The summed E-state index contributed by atoms with van der Waals surface area (Å²) >= 11 is 0. The normalized spacial score (nSPS) is 14.0. The molecule has 0 aromatic heterocycles. The Bertz CT molecular complexity index is 964. The van der Waals surface area contributed by atoms with Crippen molar-refractivity contribution in [1.82, 2.24) is 0 Å². The van der Waals surface area contributed by atoms with Crippen molar-refractivity contribution in [3.63, 3.8) is 0 Å². The Morgan fingerprint density at radius 2 is 1.67 bits per heavy atom. The standard InChI is InChI=1S/C16H17NO5S2/c1-2-23(18,19)14-5-3-13(4-6-14)17-24(20,21)15-7-8-16-12(11-15)9-10-22-16/h3-8,11,17H,2,9-10H2,1H3. The number of sulfonamides is 1. The van der Waals surface area contributed by atoms with E-state index in [1.807, 2.05) is 0 Å². The second-order valence-electron chi connectivity index (χ2n) is 5.40. The summed E-state index contributed by atoms with van der Waals surface area (Å²) in [6.45, 7) is 2.11.